The van der Waals surface area contributed by atoms with Crippen molar-refractivity contribution in [3.8, 4) is 0 Å². The van der Waals surface area contributed by atoms with Crippen molar-refractivity contribution < 1.29 is 23.7 Å². The first-order valence-corrected chi connectivity index (χ1v) is 10.8. The first-order chi connectivity index (χ1) is 15.9. The third kappa shape index (κ3) is 4.53. The van der Waals surface area contributed by atoms with E-state index in [9.17, 15) is 19.7 Å². The standard InChI is InChI=1S/C22H20N4O6S/c1-13-19(21(28)31-2)20(14-5-7-15(8-6-14)26(29)30)25-16(12-33-22(25)24-13)10-18(27)23-11-17-4-3-9-32-17/h3-9,12,20H,10-11H2,1-2H3,(H,23,27)/t20-/m0/s1. The maximum atomic E-state index is 12.7. The lowest BCUT2D eigenvalue weighted by Crippen LogP contribution is -2.37. The number of rotatable bonds is 7. The zero-order chi connectivity index (χ0) is 23.5. The Balaban J connectivity index is 1.64. The lowest BCUT2D eigenvalue weighted by atomic mass is 9.93. The van der Waals surface area contributed by atoms with Crippen molar-refractivity contribution in [1.82, 2.24) is 10.2 Å². The van der Waals surface area contributed by atoms with Gasteiger partial charge < -0.3 is 19.4 Å². The fourth-order valence-corrected chi connectivity index (χ4v) is 4.62. The second kappa shape index (κ2) is 9.33. The number of hydrogen-bond acceptors (Lipinski definition) is 9. The zero-order valence-electron chi connectivity index (χ0n) is 17.8. The molecule has 2 aliphatic heterocycles. The van der Waals surface area contributed by atoms with E-state index in [0.29, 0.717) is 33.5 Å². The van der Waals surface area contributed by atoms with Crippen LogP contribution in [0.4, 0.5) is 5.69 Å². The van der Waals surface area contributed by atoms with E-state index in [1.165, 1.54) is 37.3 Å². The first kappa shape index (κ1) is 22.3. The van der Waals surface area contributed by atoms with Crippen molar-refractivity contribution in [2.75, 3.05) is 7.11 Å². The van der Waals surface area contributed by atoms with Gasteiger partial charge in [0.15, 0.2) is 5.17 Å². The number of hydrogen-bond donors (Lipinski definition) is 1. The van der Waals surface area contributed by atoms with E-state index in [1.807, 2.05) is 5.41 Å². The number of carbonyl (C=O) groups is 2. The highest BCUT2D eigenvalue weighted by Crippen LogP contribution is 2.45. The summed E-state index contributed by atoms with van der Waals surface area (Å²) in [5, 5.41) is 16.3. The molecule has 0 unspecified atom stereocenters. The maximum Gasteiger partial charge on any atom is 0.338 e. The molecule has 10 nitrogen and oxygen atoms in total. The molecule has 0 bridgehead atoms. The monoisotopic (exact) mass is 468 g/mol. The van der Waals surface area contributed by atoms with Gasteiger partial charge in [0.25, 0.3) is 5.69 Å². The number of nitro benzene ring substituents is 1. The molecule has 4 rings (SSSR count). The number of amidine groups is 1. The number of amides is 1. The van der Waals surface area contributed by atoms with Gasteiger partial charge in [0.05, 0.1) is 48.6 Å². The Bertz CT molecular complexity index is 1180. The van der Waals surface area contributed by atoms with Gasteiger partial charge in [0.1, 0.15) is 5.76 Å². The number of thioether (sulfide) groups is 1. The van der Waals surface area contributed by atoms with Crippen LogP contribution in [-0.2, 0) is 20.9 Å². The number of esters is 1. The number of furan rings is 1. The van der Waals surface area contributed by atoms with Crippen LogP contribution >= 0.6 is 11.8 Å². The average Bonchev–Trinajstić information content (AvgIpc) is 3.46. The minimum absolute atomic E-state index is 0.0453. The Hall–Kier alpha value is -3.86. The van der Waals surface area contributed by atoms with Gasteiger partial charge in [-0.05, 0) is 42.2 Å². The second-order valence-electron chi connectivity index (χ2n) is 7.27. The van der Waals surface area contributed by atoms with Crippen LogP contribution in [0.5, 0.6) is 0 Å². The number of methoxy groups -OCH3 is 1. The molecule has 33 heavy (non-hydrogen) atoms. The smallest absolute Gasteiger partial charge is 0.338 e. The number of ether oxygens (including phenoxy) is 1. The molecular formula is C22H20N4O6S. The predicted octanol–water partition coefficient (Wildman–Crippen LogP) is 3.64. The summed E-state index contributed by atoms with van der Waals surface area (Å²) in [5.74, 6) is -0.154. The third-order valence-corrected chi connectivity index (χ3v) is 6.10. The molecule has 1 aromatic heterocycles. The number of nitro groups is 1. The van der Waals surface area contributed by atoms with Crippen molar-refractivity contribution in [2.45, 2.75) is 25.9 Å². The highest BCUT2D eigenvalue weighted by atomic mass is 32.2. The van der Waals surface area contributed by atoms with Crippen LogP contribution < -0.4 is 5.32 Å². The zero-order valence-corrected chi connectivity index (χ0v) is 18.6. The van der Waals surface area contributed by atoms with Gasteiger partial charge in [-0.2, -0.15) is 0 Å². The highest BCUT2D eigenvalue weighted by molar-refractivity contribution is 8.16. The number of fused-ring (bicyclic) bond motifs is 1. The van der Waals surface area contributed by atoms with Gasteiger partial charge in [0, 0.05) is 17.8 Å². The molecule has 1 aromatic carbocycles. The number of benzene rings is 1. The maximum absolute atomic E-state index is 12.7. The van der Waals surface area contributed by atoms with E-state index in [4.69, 9.17) is 9.15 Å². The van der Waals surface area contributed by atoms with Crippen LogP contribution in [0, 0.1) is 10.1 Å². The molecule has 2 aromatic rings. The summed E-state index contributed by atoms with van der Waals surface area (Å²) in [6, 6.07) is 8.82. The molecule has 1 atom stereocenters. The number of nitrogens with one attached hydrogen (secondary N) is 1. The lowest BCUT2D eigenvalue weighted by Gasteiger charge is -2.36. The van der Waals surface area contributed by atoms with E-state index in [0.717, 1.165) is 0 Å². The Kier molecular flexibility index (Phi) is 6.31. The molecule has 3 heterocycles. The van der Waals surface area contributed by atoms with E-state index in [-0.39, 0.29) is 24.6 Å². The summed E-state index contributed by atoms with van der Waals surface area (Å²) >= 11 is 1.34. The number of carbonyl (C=O) groups excluding carboxylic acids is 2. The summed E-state index contributed by atoms with van der Waals surface area (Å²) in [6.45, 7) is 1.97. The molecule has 1 amide bonds. The average molecular weight is 468 g/mol. The lowest BCUT2D eigenvalue weighted by molar-refractivity contribution is -0.384. The molecule has 1 N–H and O–H groups in total. The van der Waals surface area contributed by atoms with Crippen LogP contribution in [0.15, 0.2) is 74.4 Å². The van der Waals surface area contributed by atoms with Gasteiger partial charge in [-0.1, -0.05) is 11.8 Å². The predicted molar refractivity (Wildman–Crippen MR) is 121 cm³/mol. The number of allylic oxidation sites excluding steroid dienone is 1. The number of nitrogens with zero attached hydrogens (tertiary/aromatic N) is 3. The third-order valence-electron chi connectivity index (χ3n) is 5.21. The Morgan fingerprint density at radius 2 is 2.06 bits per heavy atom. The van der Waals surface area contributed by atoms with Gasteiger partial charge in [-0.25, -0.2) is 9.79 Å². The van der Waals surface area contributed by atoms with Crippen LogP contribution in [0.3, 0.4) is 0 Å². The van der Waals surface area contributed by atoms with E-state index in [1.54, 1.807) is 36.1 Å². The molecule has 2 aliphatic rings. The number of aliphatic imine (C=N–C) groups is 1. The van der Waals surface area contributed by atoms with Gasteiger partial charge in [-0.15, -0.1) is 0 Å². The molecule has 0 radical (unpaired) electrons. The fourth-order valence-electron chi connectivity index (χ4n) is 3.66. The van der Waals surface area contributed by atoms with Gasteiger partial charge >= 0.3 is 5.97 Å². The van der Waals surface area contributed by atoms with Crippen LogP contribution in [-0.4, -0.2) is 34.0 Å². The molecule has 0 aliphatic carbocycles. The SMILES string of the molecule is COC(=O)C1=C(C)N=C2SC=C(CC(=O)NCc3ccco3)N2[C@H]1c1ccc([N+](=O)[O-])cc1. The van der Waals surface area contributed by atoms with Gasteiger partial charge in [0.2, 0.25) is 5.91 Å². The molecule has 170 valence electrons. The summed E-state index contributed by atoms with van der Waals surface area (Å²) < 4.78 is 10.2. The highest BCUT2D eigenvalue weighted by Gasteiger charge is 2.41. The minimum atomic E-state index is -0.648. The summed E-state index contributed by atoms with van der Waals surface area (Å²) in [5.41, 5.74) is 2.01. The summed E-state index contributed by atoms with van der Waals surface area (Å²) in [4.78, 5) is 42.3. The van der Waals surface area contributed by atoms with Crippen LogP contribution in [0.25, 0.3) is 0 Å². The topological polar surface area (TPSA) is 127 Å². The normalized spacial score (nSPS) is 17.3. The van der Waals surface area contributed by atoms with Crippen LogP contribution in [0.1, 0.15) is 30.7 Å². The largest absolute Gasteiger partial charge is 0.467 e. The quantitative estimate of drug-likeness (QED) is 0.371. The van der Waals surface area contributed by atoms with Gasteiger partial charge in [-0.3, -0.25) is 14.9 Å². The van der Waals surface area contributed by atoms with Crippen molar-refractivity contribution in [1.29, 1.82) is 0 Å². The van der Waals surface area contributed by atoms with Crippen LogP contribution in [0.2, 0.25) is 0 Å². The van der Waals surface area contributed by atoms with Crippen molar-refractivity contribution in [2.24, 2.45) is 4.99 Å². The molecule has 11 heteroatoms. The number of non-ortho nitro benzene ring substituents is 1. The summed E-state index contributed by atoms with van der Waals surface area (Å²) in [7, 11) is 1.28. The molecule has 0 spiro atoms. The van der Waals surface area contributed by atoms with Crippen molar-refractivity contribution >= 4 is 34.5 Å². The van der Waals surface area contributed by atoms with Crippen molar-refractivity contribution in [3.05, 3.63) is 86.5 Å². The van der Waals surface area contributed by atoms with E-state index in [2.05, 4.69) is 10.3 Å². The second-order valence-corrected chi connectivity index (χ2v) is 8.10. The van der Waals surface area contributed by atoms with E-state index < -0.39 is 16.9 Å². The summed E-state index contributed by atoms with van der Waals surface area (Å²) in [6.07, 6.45) is 1.58. The minimum Gasteiger partial charge on any atom is -0.467 e. The molecule has 0 fully saturated rings. The van der Waals surface area contributed by atoms with E-state index >= 15 is 0 Å². The molecule has 0 saturated heterocycles. The Morgan fingerprint density at radius 1 is 1.30 bits per heavy atom. The molecular weight excluding hydrogens is 448 g/mol. The molecule has 0 saturated carbocycles. The Labute approximate surface area is 193 Å². The Morgan fingerprint density at radius 3 is 2.70 bits per heavy atom. The first-order valence-electron chi connectivity index (χ1n) is 9.95. The van der Waals surface area contributed by atoms with Crippen molar-refractivity contribution in [3.63, 3.8) is 0 Å². The fraction of sp³-hybridized carbons (Fsp3) is 0.227.